The van der Waals surface area contributed by atoms with E-state index >= 15 is 0 Å². The highest BCUT2D eigenvalue weighted by Crippen LogP contribution is 2.39. The summed E-state index contributed by atoms with van der Waals surface area (Å²) in [4.78, 5) is 32.4. The molecule has 0 saturated carbocycles. The van der Waals surface area contributed by atoms with E-state index in [1.807, 2.05) is 60.7 Å². The van der Waals surface area contributed by atoms with Gasteiger partial charge < -0.3 is 4.74 Å². The van der Waals surface area contributed by atoms with Crippen molar-refractivity contribution in [1.82, 2.24) is 9.55 Å². The van der Waals surface area contributed by atoms with E-state index in [0.717, 1.165) is 5.56 Å². The molecule has 4 aromatic rings. The van der Waals surface area contributed by atoms with Crippen LogP contribution in [0.3, 0.4) is 0 Å². The van der Waals surface area contributed by atoms with Gasteiger partial charge in [0.15, 0.2) is 0 Å². The fourth-order valence-corrected chi connectivity index (χ4v) is 3.86. The number of fused-ring (bicyclic) bond motifs is 2. The van der Waals surface area contributed by atoms with E-state index in [2.05, 4.69) is 4.98 Å². The quantitative estimate of drug-likeness (QED) is 0.530. The molecule has 0 bridgehead atoms. The molecule has 1 atom stereocenters. The van der Waals surface area contributed by atoms with Crippen LogP contribution in [0.5, 0.6) is 5.75 Å². The predicted molar refractivity (Wildman–Crippen MR) is 115 cm³/mol. The molecule has 0 N–H and O–H groups in total. The lowest BCUT2D eigenvalue weighted by Crippen LogP contribution is -2.43. The SMILES string of the molecule is O=C(Cn1cnc2ccccc2c1=O)N1c2ccccc2OCC1c1ccccc1. The van der Waals surface area contributed by atoms with E-state index in [-0.39, 0.29) is 24.1 Å². The van der Waals surface area contributed by atoms with Gasteiger partial charge in [-0.1, -0.05) is 54.6 Å². The molecule has 1 aliphatic rings. The second-order valence-corrected chi connectivity index (χ2v) is 7.16. The summed E-state index contributed by atoms with van der Waals surface area (Å²) in [6.45, 7) is 0.242. The fourth-order valence-electron chi connectivity index (χ4n) is 3.86. The molecule has 5 rings (SSSR count). The Balaban J connectivity index is 1.55. The van der Waals surface area contributed by atoms with Crippen LogP contribution in [0.2, 0.25) is 0 Å². The number of hydrogen-bond acceptors (Lipinski definition) is 4. The first-order chi connectivity index (χ1) is 14.7. The Morgan fingerprint density at radius 1 is 0.967 bits per heavy atom. The summed E-state index contributed by atoms with van der Waals surface area (Å²) >= 11 is 0. The van der Waals surface area contributed by atoms with Crippen molar-refractivity contribution in [3.05, 3.63) is 101 Å². The van der Waals surface area contributed by atoms with Crippen LogP contribution in [-0.4, -0.2) is 22.1 Å². The molecule has 0 radical (unpaired) electrons. The lowest BCUT2D eigenvalue weighted by molar-refractivity contribution is -0.120. The lowest BCUT2D eigenvalue weighted by Gasteiger charge is -2.37. The maximum absolute atomic E-state index is 13.5. The molecule has 0 spiro atoms. The van der Waals surface area contributed by atoms with E-state index in [9.17, 15) is 9.59 Å². The minimum absolute atomic E-state index is 0.103. The first kappa shape index (κ1) is 18.1. The average molecular weight is 397 g/mol. The van der Waals surface area contributed by atoms with Gasteiger partial charge in [-0.15, -0.1) is 0 Å². The van der Waals surface area contributed by atoms with Gasteiger partial charge in [0.2, 0.25) is 5.91 Å². The summed E-state index contributed by atoms with van der Waals surface area (Å²) in [5.74, 6) is 0.459. The zero-order chi connectivity index (χ0) is 20.5. The number of benzene rings is 3. The normalized spacial score (nSPS) is 15.5. The van der Waals surface area contributed by atoms with Gasteiger partial charge >= 0.3 is 0 Å². The number of hydrogen-bond donors (Lipinski definition) is 0. The highest BCUT2D eigenvalue weighted by atomic mass is 16.5. The van der Waals surface area contributed by atoms with Gasteiger partial charge in [0, 0.05) is 0 Å². The summed E-state index contributed by atoms with van der Waals surface area (Å²) in [6.07, 6.45) is 1.44. The van der Waals surface area contributed by atoms with Crippen molar-refractivity contribution >= 4 is 22.5 Å². The first-order valence-electron chi connectivity index (χ1n) is 9.75. The number of carbonyl (C=O) groups is 1. The van der Waals surface area contributed by atoms with Gasteiger partial charge in [-0.05, 0) is 29.8 Å². The number of para-hydroxylation sites is 3. The zero-order valence-corrected chi connectivity index (χ0v) is 16.1. The molecule has 2 heterocycles. The summed E-state index contributed by atoms with van der Waals surface area (Å²) in [7, 11) is 0. The van der Waals surface area contributed by atoms with Crippen LogP contribution in [-0.2, 0) is 11.3 Å². The third kappa shape index (κ3) is 3.12. The van der Waals surface area contributed by atoms with Crippen LogP contribution in [0, 0.1) is 0 Å². The number of ether oxygens (including phenoxy) is 1. The molecule has 30 heavy (non-hydrogen) atoms. The Labute approximate surface area is 173 Å². The summed E-state index contributed by atoms with van der Waals surface area (Å²) in [5, 5.41) is 0.495. The van der Waals surface area contributed by atoms with Gasteiger partial charge in [-0.25, -0.2) is 4.98 Å². The number of nitrogens with zero attached hydrogens (tertiary/aromatic N) is 3. The summed E-state index contributed by atoms with van der Waals surface area (Å²) in [6, 6.07) is 24.1. The van der Waals surface area contributed by atoms with Crippen molar-refractivity contribution in [1.29, 1.82) is 0 Å². The van der Waals surface area contributed by atoms with Crippen LogP contribution < -0.4 is 15.2 Å². The maximum Gasteiger partial charge on any atom is 0.261 e. The molecule has 1 aromatic heterocycles. The maximum atomic E-state index is 13.5. The van der Waals surface area contributed by atoms with Gasteiger partial charge in [0.05, 0.1) is 29.0 Å². The van der Waals surface area contributed by atoms with Crippen molar-refractivity contribution < 1.29 is 9.53 Å². The molecular weight excluding hydrogens is 378 g/mol. The van der Waals surface area contributed by atoms with Crippen molar-refractivity contribution in [2.24, 2.45) is 0 Å². The monoisotopic (exact) mass is 397 g/mol. The topological polar surface area (TPSA) is 64.4 Å². The minimum atomic E-state index is -0.280. The Morgan fingerprint density at radius 3 is 2.57 bits per heavy atom. The van der Waals surface area contributed by atoms with E-state index < -0.39 is 0 Å². The molecular formula is C24H19N3O3. The van der Waals surface area contributed by atoms with Crippen LogP contribution in [0.25, 0.3) is 10.9 Å². The molecule has 3 aromatic carbocycles. The average Bonchev–Trinajstić information content (AvgIpc) is 2.81. The molecule has 0 fully saturated rings. The molecule has 1 unspecified atom stereocenters. The van der Waals surface area contributed by atoms with Gasteiger partial charge in [-0.3, -0.25) is 19.1 Å². The molecule has 0 saturated heterocycles. The predicted octanol–water partition coefficient (Wildman–Crippen LogP) is 3.56. The van der Waals surface area contributed by atoms with Gasteiger partial charge in [0.1, 0.15) is 18.9 Å². The van der Waals surface area contributed by atoms with E-state index in [4.69, 9.17) is 4.74 Å². The van der Waals surface area contributed by atoms with Gasteiger partial charge in [0.25, 0.3) is 5.56 Å². The van der Waals surface area contributed by atoms with Crippen LogP contribution in [0.15, 0.2) is 90.0 Å². The molecule has 6 heteroatoms. The highest BCUT2D eigenvalue weighted by molar-refractivity contribution is 5.96. The number of rotatable bonds is 3. The fraction of sp³-hybridized carbons (Fsp3) is 0.125. The van der Waals surface area contributed by atoms with Crippen molar-refractivity contribution in [3.63, 3.8) is 0 Å². The third-order valence-electron chi connectivity index (χ3n) is 5.32. The summed E-state index contributed by atoms with van der Waals surface area (Å²) in [5.41, 5.74) is 2.06. The smallest absolute Gasteiger partial charge is 0.261 e. The van der Waals surface area contributed by atoms with E-state index in [1.54, 1.807) is 23.1 Å². The minimum Gasteiger partial charge on any atom is -0.489 e. The highest BCUT2D eigenvalue weighted by Gasteiger charge is 2.33. The Kier molecular flexibility index (Phi) is 4.52. The Morgan fingerprint density at radius 2 is 1.70 bits per heavy atom. The number of amides is 1. The molecule has 0 aliphatic carbocycles. The second kappa shape index (κ2) is 7.48. The van der Waals surface area contributed by atoms with Crippen LogP contribution in [0.4, 0.5) is 5.69 Å². The largest absolute Gasteiger partial charge is 0.489 e. The number of anilines is 1. The lowest BCUT2D eigenvalue weighted by atomic mass is 10.0. The van der Waals surface area contributed by atoms with Crippen molar-refractivity contribution in [3.8, 4) is 5.75 Å². The molecule has 1 amide bonds. The standard InChI is InChI=1S/C24H19N3O3/c28-23(14-26-16-25-19-11-5-4-10-18(19)24(26)29)27-20-12-6-7-13-22(20)30-15-21(27)17-8-2-1-3-9-17/h1-13,16,21H,14-15H2. The van der Waals surface area contributed by atoms with Crippen molar-refractivity contribution in [2.45, 2.75) is 12.6 Å². The molecule has 6 nitrogen and oxygen atoms in total. The Bertz CT molecular complexity index is 1280. The number of aromatic nitrogens is 2. The van der Waals surface area contributed by atoms with Gasteiger partial charge in [-0.2, -0.15) is 0 Å². The number of carbonyl (C=O) groups excluding carboxylic acids is 1. The van der Waals surface area contributed by atoms with E-state index in [1.165, 1.54) is 10.9 Å². The van der Waals surface area contributed by atoms with Crippen LogP contribution in [0.1, 0.15) is 11.6 Å². The van der Waals surface area contributed by atoms with Crippen molar-refractivity contribution in [2.75, 3.05) is 11.5 Å². The van der Waals surface area contributed by atoms with Crippen LogP contribution >= 0.6 is 0 Å². The molecule has 148 valence electrons. The Hall–Kier alpha value is -3.93. The molecule has 1 aliphatic heterocycles. The summed E-state index contributed by atoms with van der Waals surface area (Å²) < 4.78 is 7.29. The second-order valence-electron chi connectivity index (χ2n) is 7.16. The zero-order valence-electron chi connectivity index (χ0n) is 16.1. The van der Waals surface area contributed by atoms with E-state index in [0.29, 0.717) is 28.9 Å². The third-order valence-corrected chi connectivity index (χ3v) is 5.32. The first-order valence-corrected chi connectivity index (χ1v) is 9.75.